The van der Waals surface area contributed by atoms with E-state index in [-0.39, 0.29) is 23.0 Å². The smallest absolute Gasteiger partial charge is 0.211 e. The van der Waals surface area contributed by atoms with E-state index in [4.69, 9.17) is 0 Å². The maximum atomic E-state index is 13.6. The first-order valence-electron chi connectivity index (χ1n) is 8.03. The number of benzene rings is 1. The van der Waals surface area contributed by atoms with E-state index in [0.717, 1.165) is 17.7 Å². The third-order valence-electron chi connectivity index (χ3n) is 4.43. The molecule has 0 fully saturated rings. The number of hydrogen-bond donors (Lipinski definition) is 1. The first-order valence-corrected chi connectivity index (χ1v) is 9.69. The van der Waals surface area contributed by atoms with E-state index in [1.165, 1.54) is 12.1 Å². The van der Waals surface area contributed by atoms with Gasteiger partial charge in [-0.1, -0.05) is 19.9 Å². The lowest BCUT2D eigenvalue weighted by atomic mass is 9.74. The van der Waals surface area contributed by atoms with Crippen molar-refractivity contribution >= 4 is 10.0 Å². The van der Waals surface area contributed by atoms with Crippen LogP contribution in [0, 0.1) is 11.2 Å². The fourth-order valence-electron chi connectivity index (χ4n) is 3.28. The highest BCUT2D eigenvalue weighted by Gasteiger charge is 2.36. The Labute approximate surface area is 141 Å². The summed E-state index contributed by atoms with van der Waals surface area (Å²) in [5.74, 6) is -0.285. The van der Waals surface area contributed by atoms with Crippen molar-refractivity contribution in [2.75, 3.05) is 5.75 Å². The highest BCUT2D eigenvalue weighted by atomic mass is 32.2. The zero-order valence-electron chi connectivity index (χ0n) is 14.1. The predicted octanol–water partition coefficient (Wildman–Crippen LogP) is 2.96. The summed E-state index contributed by atoms with van der Waals surface area (Å²) in [7, 11) is -3.32. The fraction of sp³-hybridized carbons (Fsp3) is 0.471. The average Bonchev–Trinajstić information content (AvgIpc) is 2.89. The quantitative estimate of drug-likeness (QED) is 0.921. The molecule has 1 heterocycles. The van der Waals surface area contributed by atoms with Crippen LogP contribution in [0.1, 0.15) is 44.5 Å². The lowest BCUT2D eigenvalue weighted by molar-refractivity contribution is 0.269. The van der Waals surface area contributed by atoms with Crippen molar-refractivity contribution in [3.63, 3.8) is 0 Å². The van der Waals surface area contributed by atoms with Crippen LogP contribution in [-0.4, -0.2) is 24.0 Å². The van der Waals surface area contributed by atoms with Crippen LogP contribution in [0.2, 0.25) is 0 Å². The molecule has 0 amide bonds. The van der Waals surface area contributed by atoms with Gasteiger partial charge < -0.3 is 0 Å². The van der Waals surface area contributed by atoms with Gasteiger partial charge in [0, 0.05) is 11.3 Å². The second-order valence-corrected chi connectivity index (χ2v) is 9.10. The van der Waals surface area contributed by atoms with Gasteiger partial charge >= 0.3 is 0 Å². The molecule has 1 aromatic carbocycles. The number of sulfonamides is 1. The lowest BCUT2D eigenvalue weighted by Gasteiger charge is -2.35. The van der Waals surface area contributed by atoms with E-state index in [1.54, 1.807) is 29.9 Å². The van der Waals surface area contributed by atoms with Crippen molar-refractivity contribution in [1.82, 2.24) is 14.5 Å². The van der Waals surface area contributed by atoms with E-state index in [1.807, 2.05) is 0 Å². The van der Waals surface area contributed by atoms with Gasteiger partial charge in [0.2, 0.25) is 10.0 Å². The zero-order chi connectivity index (χ0) is 17.5. The van der Waals surface area contributed by atoms with Crippen LogP contribution in [0.5, 0.6) is 0 Å². The number of fused-ring (bicyclic) bond motifs is 1. The number of halogens is 1. The number of nitrogens with zero attached hydrogens (tertiary/aromatic N) is 2. The molecule has 0 saturated heterocycles. The molecule has 2 aromatic rings. The van der Waals surface area contributed by atoms with Gasteiger partial charge in [0.05, 0.1) is 23.7 Å². The summed E-state index contributed by atoms with van der Waals surface area (Å²) in [5.41, 5.74) is 2.36. The monoisotopic (exact) mass is 351 g/mol. The predicted molar refractivity (Wildman–Crippen MR) is 91.0 cm³/mol. The van der Waals surface area contributed by atoms with Crippen molar-refractivity contribution in [3.8, 4) is 5.69 Å². The molecule has 0 spiro atoms. The maximum Gasteiger partial charge on any atom is 0.211 e. The minimum Gasteiger partial charge on any atom is -0.237 e. The minimum absolute atomic E-state index is 0.0390. The van der Waals surface area contributed by atoms with E-state index < -0.39 is 10.0 Å². The summed E-state index contributed by atoms with van der Waals surface area (Å²) in [6.07, 6.45) is 3.15. The van der Waals surface area contributed by atoms with Crippen LogP contribution >= 0.6 is 0 Å². The second kappa shape index (κ2) is 5.97. The molecule has 1 aliphatic rings. The SMILES string of the molecule is CCS(=O)(=O)NC1CC(C)(C)Cc2c1cnn2-c1cccc(F)c1. The van der Waals surface area contributed by atoms with Crippen LogP contribution in [0.3, 0.4) is 0 Å². The standard InChI is InChI=1S/C17H22FN3O2S/c1-4-24(22,23)20-15-9-17(2,3)10-16-14(15)11-19-21(16)13-7-5-6-12(18)8-13/h5-8,11,15,20H,4,9-10H2,1-3H3. The molecule has 3 rings (SSSR count). The van der Waals surface area contributed by atoms with Crippen LogP contribution < -0.4 is 4.72 Å². The molecule has 0 bridgehead atoms. The molecular formula is C17H22FN3O2S. The van der Waals surface area contributed by atoms with Crippen LogP contribution in [0.25, 0.3) is 5.69 Å². The molecule has 1 aliphatic carbocycles. The van der Waals surface area contributed by atoms with Crippen molar-refractivity contribution in [1.29, 1.82) is 0 Å². The van der Waals surface area contributed by atoms with Crippen LogP contribution in [0.15, 0.2) is 30.5 Å². The first-order chi connectivity index (χ1) is 11.2. The molecule has 130 valence electrons. The molecule has 24 heavy (non-hydrogen) atoms. The highest BCUT2D eigenvalue weighted by Crippen LogP contribution is 2.41. The molecule has 5 nitrogen and oxygen atoms in total. The van der Waals surface area contributed by atoms with E-state index in [0.29, 0.717) is 12.1 Å². The summed E-state index contributed by atoms with van der Waals surface area (Å²) >= 11 is 0. The van der Waals surface area contributed by atoms with Gasteiger partial charge in [0.15, 0.2) is 0 Å². The molecule has 1 unspecified atom stereocenters. The average molecular weight is 351 g/mol. The van der Waals surface area contributed by atoms with Gasteiger partial charge in [-0.25, -0.2) is 22.2 Å². The van der Waals surface area contributed by atoms with Crippen molar-refractivity contribution in [2.45, 2.75) is 39.7 Å². The van der Waals surface area contributed by atoms with Gasteiger partial charge in [-0.2, -0.15) is 5.10 Å². The largest absolute Gasteiger partial charge is 0.237 e. The Kier molecular flexibility index (Phi) is 4.25. The Morgan fingerprint density at radius 3 is 2.83 bits per heavy atom. The first kappa shape index (κ1) is 17.1. The molecule has 7 heteroatoms. The normalized spacial score (nSPS) is 19.9. The van der Waals surface area contributed by atoms with Crippen molar-refractivity contribution in [2.24, 2.45) is 5.41 Å². The summed E-state index contributed by atoms with van der Waals surface area (Å²) in [6.45, 7) is 5.82. The number of hydrogen-bond acceptors (Lipinski definition) is 3. The van der Waals surface area contributed by atoms with Crippen LogP contribution in [-0.2, 0) is 16.4 Å². The Morgan fingerprint density at radius 1 is 1.42 bits per heavy atom. The van der Waals surface area contributed by atoms with E-state index >= 15 is 0 Å². The molecule has 1 atom stereocenters. The lowest BCUT2D eigenvalue weighted by Crippen LogP contribution is -2.37. The fourth-order valence-corrected chi connectivity index (χ4v) is 4.09. The van der Waals surface area contributed by atoms with Gasteiger partial charge in [0.25, 0.3) is 0 Å². The highest BCUT2D eigenvalue weighted by molar-refractivity contribution is 7.89. The molecule has 1 aromatic heterocycles. The Bertz CT molecular complexity index is 858. The zero-order valence-corrected chi connectivity index (χ0v) is 14.9. The summed E-state index contributed by atoms with van der Waals surface area (Å²) < 4.78 is 42.1. The van der Waals surface area contributed by atoms with Gasteiger partial charge in [0.1, 0.15) is 5.82 Å². The van der Waals surface area contributed by atoms with Crippen LogP contribution in [0.4, 0.5) is 4.39 Å². The van der Waals surface area contributed by atoms with Gasteiger partial charge in [-0.15, -0.1) is 0 Å². The van der Waals surface area contributed by atoms with Gasteiger partial charge in [-0.3, -0.25) is 0 Å². The number of aromatic nitrogens is 2. The van der Waals surface area contributed by atoms with Crippen molar-refractivity contribution in [3.05, 3.63) is 47.5 Å². The third kappa shape index (κ3) is 3.37. The van der Waals surface area contributed by atoms with E-state index in [9.17, 15) is 12.8 Å². The molecular weight excluding hydrogens is 329 g/mol. The third-order valence-corrected chi connectivity index (χ3v) is 5.84. The molecule has 0 aliphatic heterocycles. The second-order valence-electron chi connectivity index (χ2n) is 7.06. The maximum absolute atomic E-state index is 13.6. The number of rotatable bonds is 4. The Hall–Kier alpha value is -1.73. The van der Waals surface area contributed by atoms with Crippen molar-refractivity contribution < 1.29 is 12.8 Å². The molecule has 1 N–H and O–H groups in total. The summed E-state index contributed by atoms with van der Waals surface area (Å²) in [5, 5.41) is 4.40. The van der Waals surface area contributed by atoms with Gasteiger partial charge in [-0.05, 0) is 43.4 Å². The Morgan fingerprint density at radius 2 is 2.17 bits per heavy atom. The minimum atomic E-state index is -3.32. The summed E-state index contributed by atoms with van der Waals surface area (Å²) in [6, 6.07) is 5.95. The van der Waals surface area contributed by atoms with E-state index in [2.05, 4.69) is 23.7 Å². The topological polar surface area (TPSA) is 64.0 Å². The Balaban J connectivity index is 2.06. The summed E-state index contributed by atoms with van der Waals surface area (Å²) in [4.78, 5) is 0. The number of nitrogens with one attached hydrogen (secondary N) is 1. The molecule has 0 radical (unpaired) electrons. The molecule has 0 saturated carbocycles.